The third kappa shape index (κ3) is 3.86. The van der Waals surface area contributed by atoms with Gasteiger partial charge >= 0.3 is 5.69 Å². The normalized spacial score (nSPS) is 11.6. The van der Waals surface area contributed by atoms with Gasteiger partial charge in [-0.2, -0.15) is 0 Å². The van der Waals surface area contributed by atoms with Crippen LogP contribution < -0.4 is 11.2 Å². The Morgan fingerprint density at radius 2 is 1.77 bits per heavy atom. The van der Waals surface area contributed by atoms with Crippen molar-refractivity contribution in [3.8, 4) is 0 Å². The summed E-state index contributed by atoms with van der Waals surface area (Å²) >= 11 is 1.21. The maximum absolute atomic E-state index is 12.9. The third-order valence-corrected chi connectivity index (χ3v) is 6.20. The first-order chi connectivity index (χ1) is 14.0. The van der Waals surface area contributed by atoms with Crippen molar-refractivity contribution in [3.63, 3.8) is 0 Å². The molecule has 3 aromatic rings. The van der Waals surface area contributed by atoms with Gasteiger partial charge in [-0.1, -0.05) is 25.6 Å². The molecule has 160 valence electrons. The average molecular weight is 430 g/mol. The fourth-order valence-corrected chi connectivity index (χ4v) is 4.37. The van der Waals surface area contributed by atoms with Crippen LogP contribution in [0.15, 0.2) is 20.7 Å². The summed E-state index contributed by atoms with van der Waals surface area (Å²) in [4.78, 5) is 47.3. The van der Waals surface area contributed by atoms with E-state index in [-0.39, 0.29) is 22.8 Å². The minimum absolute atomic E-state index is 0.0297. The highest BCUT2D eigenvalue weighted by Gasteiger charge is 2.20. The minimum atomic E-state index is -0.448. The molecule has 0 amide bonds. The predicted octanol–water partition coefficient (Wildman–Crippen LogP) is 2.38. The van der Waals surface area contributed by atoms with Crippen molar-refractivity contribution >= 4 is 28.6 Å². The summed E-state index contributed by atoms with van der Waals surface area (Å²) in [6, 6.07) is 1.88. The van der Waals surface area contributed by atoms with Gasteiger partial charge in [0.05, 0.1) is 5.75 Å². The van der Waals surface area contributed by atoms with E-state index in [4.69, 9.17) is 0 Å². The van der Waals surface area contributed by atoms with E-state index in [1.165, 1.54) is 23.4 Å². The van der Waals surface area contributed by atoms with Crippen LogP contribution in [0, 0.1) is 26.7 Å². The Hall–Kier alpha value is -2.68. The number of hydrogen-bond acceptors (Lipinski definition) is 6. The van der Waals surface area contributed by atoms with Gasteiger partial charge in [0.15, 0.2) is 11.4 Å². The summed E-state index contributed by atoms with van der Waals surface area (Å²) in [5.74, 6) is 0.760. The van der Waals surface area contributed by atoms with E-state index < -0.39 is 11.2 Å². The second-order valence-electron chi connectivity index (χ2n) is 7.98. The summed E-state index contributed by atoms with van der Waals surface area (Å²) < 4.78 is 4.58. The molecule has 0 fully saturated rings. The number of ketones is 1. The smallest absolute Gasteiger partial charge is 0.332 e. The molecule has 0 aliphatic carbocycles. The summed E-state index contributed by atoms with van der Waals surface area (Å²) in [6.45, 7) is 10.0. The number of nitrogens with zero attached hydrogens (tertiary/aromatic N) is 5. The number of thioether (sulfide) groups is 1. The zero-order chi connectivity index (χ0) is 22.3. The molecule has 8 nitrogen and oxygen atoms in total. The predicted molar refractivity (Wildman–Crippen MR) is 119 cm³/mol. The van der Waals surface area contributed by atoms with Gasteiger partial charge in [-0.25, -0.2) is 14.8 Å². The molecule has 0 N–H and O–H groups in total. The standard InChI is InChI=1S/C21H27N5O3S/c1-11(2)9-26-18-17(20(28)25(7)21(26)29)19(23-14(5)22-18)30-10-16(27)15-8-12(3)24(6)13(15)4/h8,11H,9-10H2,1-7H3. The van der Waals surface area contributed by atoms with Crippen molar-refractivity contribution in [1.29, 1.82) is 0 Å². The van der Waals surface area contributed by atoms with E-state index in [1.807, 2.05) is 45.4 Å². The van der Waals surface area contributed by atoms with Crippen molar-refractivity contribution in [1.82, 2.24) is 23.7 Å². The summed E-state index contributed by atoms with van der Waals surface area (Å²) in [6.07, 6.45) is 0. The number of aromatic nitrogens is 5. The Morgan fingerprint density at radius 1 is 1.10 bits per heavy atom. The van der Waals surface area contributed by atoms with Crippen LogP contribution in [0.4, 0.5) is 0 Å². The van der Waals surface area contributed by atoms with Gasteiger partial charge in [0.1, 0.15) is 16.2 Å². The van der Waals surface area contributed by atoms with Crippen LogP contribution in [0.5, 0.6) is 0 Å². The molecule has 3 heterocycles. The van der Waals surface area contributed by atoms with Gasteiger partial charge < -0.3 is 4.57 Å². The number of aryl methyl sites for hydroxylation is 2. The van der Waals surface area contributed by atoms with Crippen molar-refractivity contribution in [3.05, 3.63) is 49.7 Å². The average Bonchev–Trinajstić information content (AvgIpc) is 2.94. The van der Waals surface area contributed by atoms with Crippen molar-refractivity contribution in [2.45, 2.75) is 46.2 Å². The van der Waals surface area contributed by atoms with Crippen LogP contribution in [0.2, 0.25) is 0 Å². The quantitative estimate of drug-likeness (QED) is 0.339. The van der Waals surface area contributed by atoms with E-state index in [9.17, 15) is 14.4 Å². The molecule has 30 heavy (non-hydrogen) atoms. The molecule has 0 saturated carbocycles. The van der Waals surface area contributed by atoms with Crippen LogP contribution in [0.1, 0.15) is 41.4 Å². The van der Waals surface area contributed by atoms with Gasteiger partial charge in [0.25, 0.3) is 5.56 Å². The van der Waals surface area contributed by atoms with E-state index in [2.05, 4.69) is 9.97 Å². The molecule has 0 aromatic carbocycles. The van der Waals surface area contributed by atoms with E-state index in [1.54, 1.807) is 6.92 Å². The van der Waals surface area contributed by atoms with Crippen LogP contribution in [0.25, 0.3) is 11.0 Å². The maximum Gasteiger partial charge on any atom is 0.332 e. The van der Waals surface area contributed by atoms with Crippen LogP contribution >= 0.6 is 11.8 Å². The molecular weight excluding hydrogens is 402 g/mol. The SMILES string of the molecule is Cc1nc(SCC(=O)c2cc(C)n(C)c2C)c2c(=O)n(C)c(=O)n(CC(C)C)c2n1. The fourth-order valence-electron chi connectivity index (χ4n) is 3.42. The molecule has 3 rings (SSSR count). The second-order valence-corrected chi connectivity index (χ2v) is 8.95. The highest BCUT2D eigenvalue weighted by atomic mass is 32.2. The van der Waals surface area contributed by atoms with Gasteiger partial charge in [-0.05, 0) is 32.8 Å². The first-order valence-corrected chi connectivity index (χ1v) is 10.8. The lowest BCUT2D eigenvalue weighted by atomic mass is 10.2. The van der Waals surface area contributed by atoms with Crippen LogP contribution in [-0.2, 0) is 20.6 Å². The highest BCUT2D eigenvalue weighted by Crippen LogP contribution is 2.25. The van der Waals surface area contributed by atoms with E-state index >= 15 is 0 Å². The lowest BCUT2D eigenvalue weighted by Crippen LogP contribution is -2.39. The number of rotatable bonds is 6. The largest absolute Gasteiger partial charge is 0.351 e. The third-order valence-electron chi connectivity index (χ3n) is 5.22. The first kappa shape index (κ1) is 22.0. The zero-order valence-corrected chi connectivity index (χ0v) is 19.3. The molecule has 0 spiro atoms. The Balaban J connectivity index is 2.09. The minimum Gasteiger partial charge on any atom is -0.351 e. The molecular formula is C21H27N5O3S. The maximum atomic E-state index is 12.9. The van der Waals surface area contributed by atoms with Crippen molar-refractivity contribution in [2.24, 2.45) is 20.0 Å². The lowest BCUT2D eigenvalue weighted by Gasteiger charge is -2.15. The molecule has 0 unspecified atom stereocenters. The zero-order valence-electron chi connectivity index (χ0n) is 18.4. The molecule has 0 aliphatic rings. The monoisotopic (exact) mass is 429 g/mol. The fraction of sp³-hybridized carbons (Fsp3) is 0.476. The molecule has 0 aliphatic heterocycles. The molecule has 0 bridgehead atoms. The molecule has 3 aromatic heterocycles. The second kappa shape index (κ2) is 8.22. The Labute approximate surface area is 179 Å². The van der Waals surface area contributed by atoms with Gasteiger partial charge in [-0.3, -0.25) is 18.7 Å². The topological polar surface area (TPSA) is 91.8 Å². The Kier molecular flexibility index (Phi) is 6.03. The van der Waals surface area contributed by atoms with Gasteiger partial charge in [0.2, 0.25) is 0 Å². The molecule has 0 atom stereocenters. The van der Waals surface area contributed by atoms with Crippen molar-refractivity contribution in [2.75, 3.05) is 5.75 Å². The lowest BCUT2D eigenvalue weighted by molar-refractivity contribution is 0.102. The number of Topliss-reactive ketones (excluding diaryl/α,β-unsaturated/α-hetero) is 1. The molecule has 0 radical (unpaired) electrons. The summed E-state index contributed by atoms with van der Waals surface area (Å²) in [5, 5.41) is 0.705. The number of carbonyl (C=O) groups is 1. The first-order valence-electron chi connectivity index (χ1n) is 9.80. The number of hydrogen-bond donors (Lipinski definition) is 0. The number of fused-ring (bicyclic) bond motifs is 1. The van der Waals surface area contributed by atoms with Gasteiger partial charge in [0, 0.05) is 37.6 Å². The Bertz CT molecular complexity index is 1270. The van der Waals surface area contributed by atoms with Crippen LogP contribution in [0.3, 0.4) is 0 Å². The Morgan fingerprint density at radius 3 is 2.33 bits per heavy atom. The highest BCUT2D eigenvalue weighted by molar-refractivity contribution is 8.00. The molecule has 0 saturated heterocycles. The molecule has 9 heteroatoms. The van der Waals surface area contributed by atoms with E-state index in [0.29, 0.717) is 28.6 Å². The summed E-state index contributed by atoms with van der Waals surface area (Å²) in [7, 11) is 3.38. The van der Waals surface area contributed by atoms with E-state index in [0.717, 1.165) is 16.0 Å². The number of carbonyl (C=O) groups excluding carboxylic acids is 1. The van der Waals surface area contributed by atoms with Crippen LogP contribution in [-0.4, -0.2) is 35.2 Å². The van der Waals surface area contributed by atoms with Gasteiger partial charge in [-0.15, -0.1) is 0 Å². The summed E-state index contributed by atoms with van der Waals surface area (Å²) in [5.41, 5.74) is 2.06. The van der Waals surface area contributed by atoms with Crippen molar-refractivity contribution < 1.29 is 4.79 Å².